The van der Waals surface area contributed by atoms with Crippen LogP contribution in [0.4, 0.5) is 0 Å². The van der Waals surface area contributed by atoms with Gasteiger partial charge in [0.2, 0.25) is 0 Å². The van der Waals surface area contributed by atoms with Gasteiger partial charge in [-0.2, -0.15) is 5.26 Å². The number of rotatable bonds is 2. The molecule has 4 fully saturated rings. The molecule has 0 amide bonds. The molecule has 0 aromatic carbocycles. The minimum Gasteiger partial charge on any atom is -0.290 e. The lowest BCUT2D eigenvalue weighted by Gasteiger charge is -2.56. The van der Waals surface area contributed by atoms with E-state index in [0.29, 0.717) is 6.54 Å². The third-order valence-corrected chi connectivity index (χ3v) is 5.01. The van der Waals surface area contributed by atoms with Crippen LogP contribution < -0.4 is 0 Å². The van der Waals surface area contributed by atoms with Crippen LogP contribution in [0.5, 0.6) is 0 Å². The van der Waals surface area contributed by atoms with Crippen molar-refractivity contribution in [2.45, 2.75) is 38.1 Å². The van der Waals surface area contributed by atoms with Gasteiger partial charge < -0.3 is 0 Å². The predicted molar refractivity (Wildman–Crippen MR) is 59.1 cm³/mol. The summed E-state index contributed by atoms with van der Waals surface area (Å²) < 4.78 is 0. The predicted octanol–water partition coefficient (Wildman–Crippen LogP) is 2.27. The molecular weight excluding hydrogens is 184 g/mol. The normalized spacial score (nSPS) is 47.1. The van der Waals surface area contributed by atoms with Gasteiger partial charge in [0.15, 0.2) is 0 Å². The van der Waals surface area contributed by atoms with Crippen molar-refractivity contribution >= 4 is 0 Å². The zero-order valence-electron chi connectivity index (χ0n) is 9.52. The molecule has 0 aliphatic heterocycles. The second-order valence-corrected chi connectivity index (χ2v) is 5.99. The van der Waals surface area contributed by atoms with E-state index in [9.17, 15) is 0 Å². The van der Waals surface area contributed by atoms with Crippen molar-refractivity contribution < 1.29 is 0 Å². The van der Waals surface area contributed by atoms with E-state index in [1.165, 1.54) is 32.1 Å². The zero-order chi connectivity index (χ0) is 10.4. The molecule has 15 heavy (non-hydrogen) atoms. The molecule has 4 aliphatic rings. The van der Waals surface area contributed by atoms with E-state index in [1.54, 1.807) is 0 Å². The van der Waals surface area contributed by atoms with E-state index in [1.807, 2.05) is 0 Å². The number of hydrogen-bond acceptors (Lipinski definition) is 2. The number of hydrogen-bond donors (Lipinski definition) is 0. The average molecular weight is 204 g/mol. The molecule has 0 spiro atoms. The standard InChI is InChI=1S/C13H20N2/c1-15(3-2-14)13-11-5-9-4-10(7-11)8-12(13)6-9/h9-13H,3-8H2,1H3. The molecule has 2 nitrogen and oxygen atoms in total. The largest absolute Gasteiger partial charge is 0.290 e. The second kappa shape index (κ2) is 3.49. The Morgan fingerprint density at radius 3 is 2.07 bits per heavy atom. The summed E-state index contributed by atoms with van der Waals surface area (Å²) in [6, 6.07) is 3.04. The third-order valence-electron chi connectivity index (χ3n) is 5.01. The van der Waals surface area contributed by atoms with Crippen LogP contribution in [-0.4, -0.2) is 24.5 Å². The fourth-order valence-electron chi connectivity index (χ4n) is 4.83. The van der Waals surface area contributed by atoms with Crippen LogP contribution in [0.15, 0.2) is 0 Å². The van der Waals surface area contributed by atoms with Crippen LogP contribution in [0.25, 0.3) is 0 Å². The van der Waals surface area contributed by atoms with Gasteiger partial charge in [0, 0.05) is 6.04 Å². The summed E-state index contributed by atoms with van der Waals surface area (Å²) in [7, 11) is 2.15. The molecule has 4 bridgehead atoms. The summed E-state index contributed by atoms with van der Waals surface area (Å²) in [6.07, 6.45) is 7.32. The van der Waals surface area contributed by atoms with E-state index < -0.39 is 0 Å². The Kier molecular flexibility index (Phi) is 2.25. The number of nitriles is 1. The summed E-state index contributed by atoms with van der Waals surface area (Å²) in [5, 5.41) is 8.80. The molecule has 0 heterocycles. The Morgan fingerprint density at radius 1 is 1.07 bits per heavy atom. The van der Waals surface area contributed by atoms with Crippen LogP contribution >= 0.6 is 0 Å². The lowest BCUT2D eigenvalue weighted by molar-refractivity contribution is -0.0537. The van der Waals surface area contributed by atoms with E-state index in [4.69, 9.17) is 5.26 Å². The molecule has 4 aliphatic carbocycles. The Bertz CT molecular complexity index is 263. The Balaban J connectivity index is 1.77. The smallest absolute Gasteiger partial charge is 0.0866 e. The van der Waals surface area contributed by atoms with E-state index in [2.05, 4.69) is 18.0 Å². The van der Waals surface area contributed by atoms with Crippen LogP contribution in [0, 0.1) is 35.0 Å². The molecule has 0 aromatic rings. The molecular formula is C13H20N2. The second-order valence-electron chi connectivity index (χ2n) is 5.99. The lowest BCUT2D eigenvalue weighted by atomic mass is 9.54. The summed E-state index contributed by atoms with van der Waals surface area (Å²) in [5.74, 6) is 3.91. The van der Waals surface area contributed by atoms with Crippen molar-refractivity contribution in [2.75, 3.05) is 13.6 Å². The van der Waals surface area contributed by atoms with Gasteiger partial charge in [-0.05, 0) is 62.8 Å². The maximum Gasteiger partial charge on any atom is 0.0866 e. The van der Waals surface area contributed by atoms with Crippen LogP contribution in [0.2, 0.25) is 0 Å². The maximum absolute atomic E-state index is 8.80. The monoisotopic (exact) mass is 204 g/mol. The fraction of sp³-hybridized carbons (Fsp3) is 0.923. The zero-order valence-corrected chi connectivity index (χ0v) is 9.52. The Hall–Kier alpha value is -0.550. The average Bonchev–Trinajstić information content (AvgIpc) is 2.15. The molecule has 82 valence electrons. The molecule has 0 unspecified atom stereocenters. The highest BCUT2D eigenvalue weighted by molar-refractivity contribution is 5.02. The highest BCUT2D eigenvalue weighted by Gasteiger charge is 2.49. The van der Waals surface area contributed by atoms with Gasteiger partial charge in [-0.15, -0.1) is 0 Å². The van der Waals surface area contributed by atoms with Gasteiger partial charge in [0.25, 0.3) is 0 Å². The summed E-state index contributed by atoms with van der Waals surface area (Å²) in [6.45, 7) is 0.618. The van der Waals surface area contributed by atoms with Crippen LogP contribution in [0.1, 0.15) is 32.1 Å². The highest BCUT2D eigenvalue weighted by atomic mass is 15.1. The molecule has 2 heteroatoms. The van der Waals surface area contributed by atoms with E-state index >= 15 is 0 Å². The van der Waals surface area contributed by atoms with E-state index in [0.717, 1.165) is 29.7 Å². The molecule has 0 saturated heterocycles. The molecule has 0 radical (unpaired) electrons. The van der Waals surface area contributed by atoms with Crippen LogP contribution in [0.3, 0.4) is 0 Å². The first-order valence-corrected chi connectivity index (χ1v) is 6.35. The number of nitrogens with zero attached hydrogens (tertiary/aromatic N) is 2. The van der Waals surface area contributed by atoms with Crippen molar-refractivity contribution in [3.05, 3.63) is 0 Å². The van der Waals surface area contributed by atoms with Crippen molar-refractivity contribution in [2.24, 2.45) is 23.7 Å². The quantitative estimate of drug-likeness (QED) is 0.645. The lowest BCUT2D eigenvalue weighted by Crippen LogP contribution is -2.54. The first-order valence-electron chi connectivity index (χ1n) is 6.35. The molecule has 0 N–H and O–H groups in total. The van der Waals surface area contributed by atoms with Gasteiger partial charge in [-0.3, -0.25) is 4.90 Å². The minimum atomic E-state index is 0.618. The van der Waals surface area contributed by atoms with Crippen molar-refractivity contribution in [1.29, 1.82) is 5.26 Å². The fourth-order valence-corrected chi connectivity index (χ4v) is 4.83. The Labute approximate surface area is 92.3 Å². The van der Waals surface area contributed by atoms with Gasteiger partial charge in [0.1, 0.15) is 0 Å². The van der Waals surface area contributed by atoms with E-state index in [-0.39, 0.29) is 0 Å². The topological polar surface area (TPSA) is 27.0 Å². The SMILES string of the molecule is CN(CC#N)C1C2CC3CC(C2)CC1C3. The van der Waals surface area contributed by atoms with Crippen LogP contribution in [-0.2, 0) is 0 Å². The summed E-state index contributed by atoms with van der Waals surface area (Å²) >= 11 is 0. The molecule has 0 atom stereocenters. The van der Waals surface area contributed by atoms with Gasteiger partial charge in [-0.1, -0.05) is 0 Å². The highest BCUT2D eigenvalue weighted by Crippen LogP contribution is 2.54. The van der Waals surface area contributed by atoms with Crippen molar-refractivity contribution in [3.8, 4) is 6.07 Å². The summed E-state index contributed by atoms with van der Waals surface area (Å²) in [5.41, 5.74) is 0. The summed E-state index contributed by atoms with van der Waals surface area (Å²) in [4.78, 5) is 2.33. The van der Waals surface area contributed by atoms with Crippen molar-refractivity contribution in [1.82, 2.24) is 4.90 Å². The maximum atomic E-state index is 8.80. The minimum absolute atomic E-state index is 0.618. The van der Waals surface area contributed by atoms with Gasteiger partial charge in [-0.25, -0.2) is 0 Å². The van der Waals surface area contributed by atoms with Gasteiger partial charge in [0.05, 0.1) is 12.6 Å². The van der Waals surface area contributed by atoms with Gasteiger partial charge >= 0.3 is 0 Å². The molecule has 0 aromatic heterocycles. The third kappa shape index (κ3) is 1.49. The van der Waals surface area contributed by atoms with Crippen molar-refractivity contribution in [3.63, 3.8) is 0 Å². The molecule has 4 rings (SSSR count). The first-order chi connectivity index (χ1) is 7.28. The molecule has 4 saturated carbocycles. The Morgan fingerprint density at radius 2 is 1.60 bits per heavy atom. The first kappa shape index (κ1) is 9.66.